The standard InChI is InChI=1S/C10H10N2O5/c1-16-10(17-2)8-4-3-6(12(14)15)5-7(8)9(13)11-10/h3-5H,1-2H3,(H,11,13). The van der Waals surface area contributed by atoms with Gasteiger partial charge in [-0.1, -0.05) is 0 Å². The van der Waals surface area contributed by atoms with Crippen LogP contribution in [-0.4, -0.2) is 25.1 Å². The molecule has 0 aliphatic carbocycles. The number of methoxy groups -OCH3 is 2. The summed E-state index contributed by atoms with van der Waals surface area (Å²) in [6.45, 7) is 0. The van der Waals surface area contributed by atoms with Gasteiger partial charge in [0.25, 0.3) is 17.5 Å². The largest absolute Gasteiger partial charge is 0.332 e. The van der Waals surface area contributed by atoms with Gasteiger partial charge in [0, 0.05) is 31.9 Å². The molecule has 90 valence electrons. The Morgan fingerprint density at radius 1 is 1.35 bits per heavy atom. The summed E-state index contributed by atoms with van der Waals surface area (Å²) < 4.78 is 10.2. The minimum atomic E-state index is -1.36. The molecule has 0 unspecified atom stereocenters. The first kappa shape index (κ1) is 11.5. The predicted octanol–water partition coefficient (Wildman–Crippen LogP) is 0.741. The number of carbonyl (C=O) groups is 1. The Morgan fingerprint density at radius 3 is 2.53 bits per heavy atom. The van der Waals surface area contributed by atoms with Gasteiger partial charge in [0.15, 0.2) is 0 Å². The number of rotatable bonds is 3. The Bertz CT molecular complexity index is 495. The number of nitrogens with zero attached hydrogens (tertiary/aromatic N) is 1. The van der Waals surface area contributed by atoms with Crippen molar-refractivity contribution in [2.75, 3.05) is 14.2 Å². The summed E-state index contributed by atoms with van der Waals surface area (Å²) in [5, 5.41) is 13.1. The van der Waals surface area contributed by atoms with Gasteiger partial charge < -0.3 is 9.47 Å². The fraction of sp³-hybridized carbons (Fsp3) is 0.300. The van der Waals surface area contributed by atoms with Crippen LogP contribution in [0.25, 0.3) is 0 Å². The molecule has 7 heteroatoms. The Balaban J connectivity index is 2.58. The van der Waals surface area contributed by atoms with Crippen molar-refractivity contribution in [1.29, 1.82) is 0 Å². The molecule has 2 rings (SSSR count). The number of non-ortho nitro benzene ring substituents is 1. The Morgan fingerprint density at radius 2 is 2.00 bits per heavy atom. The summed E-state index contributed by atoms with van der Waals surface area (Å²) >= 11 is 0. The first-order chi connectivity index (χ1) is 8.04. The second kappa shape index (κ2) is 3.79. The van der Waals surface area contributed by atoms with E-state index in [9.17, 15) is 14.9 Å². The summed E-state index contributed by atoms with van der Waals surface area (Å²) in [5.41, 5.74) is 0.461. The molecule has 0 spiro atoms. The van der Waals surface area contributed by atoms with E-state index in [0.717, 1.165) is 0 Å². The van der Waals surface area contributed by atoms with E-state index in [-0.39, 0.29) is 11.3 Å². The summed E-state index contributed by atoms with van der Waals surface area (Å²) in [7, 11) is 2.75. The number of nitrogens with one attached hydrogen (secondary N) is 1. The van der Waals surface area contributed by atoms with E-state index in [4.69, 9.17) is 9.47 Å². The number of nitro groups is 1. The minimum absolute atomic E-state index is 0.151. The van der Waals surface area contributed by atoms with Crippen molar-refractivity contribution in [2.45, 2.75) is 5.91 Å². The third-order valence-corrected chi connectivity index (χ3v) is 2.67. The highest BCUT2D eigenvalue weighted by molar-refractivity contribution is 6.00. The highest BCUT2D eigenvalue weighted by Crippen LogP contribution is 2.34. The maximum absolute atomic E-state index is 11.7. The third-order valence-electron chi connectivity index (χ3n) is 2.67. The van der Waals surface area contributed by atoms with Crippen LogP contribution in [0.15, 0.2) is 18.2 Å². The van der Waals surface area contributed by atoms with Gasteiger partial charge in [-0.15, -0.1) is 0 Å². The number of ether oxygens (including phenoxy) is 2. The lowest BCUT2D eigenvalue weighted by atomic mass is 10.1. The highest BCUT2D eigenvalue weighted by Gasteiger charge is 2.44. The number of hydrogen-bond acceptors (Lipinski definition) is 5. The quantitative estimate of drug-likeness (QED) is 0.476. The van der Waals surface area contributed by atoms with E-state index in [2.05, 4.69) is 5.32 Å². The number of amides is 1. The lowest BCUT2D eigenvalue weighted by Crippen LogP contribution is -2.42. The maximum Gasteiger partial charge on any atom is 0.280 e. The van der Waals surface area contributed by atoms with Crippen LogP contribution in [-0.2, 0) is 15.4 Å². The minimum Gasteiger partial charge on any atom is -0.332 e. The summed E-state index contributed by atoms with van der Waals surface area (Å²) in [4.78, 5) is 21.7. The second-order valence-corrected chi connectivity index (χ2v) is 3.47. The molecular formula is C10H10N2O5. The van der Waals surface area contributed by atoms with Crippen LogP contribution in [0.3, 0.4) is 0 Å². The fourth-order valence-electron chi connectivity index (χ4n) is 1.81. The molecule has 0 saturated carbocycles. The van der Waals surface area contributed by atoms with Gasteiger partial charge in [0.2, 0.25) is 0 Å². The average molecular weight is 238 g/mol. The summed E-state index contributed by atoms with van der Waals surface area (Å²) in [6, 6.07) is 3.94. The molecular weight excluding hydrogens is 228 g/mol. The molecule has 0 bridgehead atoms. The Kier molecular flexibility index (Phi) is 2.56. The molecule has 7 nitrogen and oxygen atoms in total. The second-order valence-electron chi connectivity index (χ2n) is 3.47. The van der Waals surface area contributed by atoms with Crippen molar-refractivity contribution in [3.8, 4) is 0 Å². The number of benzene rings is 1. The summed E-state index contributed by atoms with van der Waals surface area (Å²) in [5.74, 6) is -1.82. The summed E-state index contributed by atoms with van der Waals surface area (Å²) in [6.07, 6.45) is 0. The van der Waals surface area contributed by atoms with Gasteiger partial charge in [0.05, 0.1) is 10.5 Å². The average Bonchev–Trinajstić information content (AvgIpc) is 2.62. The molecule has 0 radical (unpaired) electrons. The van der Waals surface area contributed by atoms with Crippen LogP contribution in [0.2, 0.25) is 0 Å². The van der Waals surface area contributed by atoms with E-state index >= 15 is 0 Å². The zero-order chi connectivity index (χ0) is 12.6. The number of hydrogen-bond donors (Lipinski definition) is 1. The van der Waals surface area contributed by atoms with E-state index in [0.29, 0.717) is 5.56 Å². The van der Waals surface area contributed by atoms with Gasteiger partial charge in [-0.2, -0.15) is 0 Å². The van der Waals surface area contributed by atoms with Crippen LogP contribution in [0, 0.1) is 10.1 Å². The molecule has 1 amide bonds. The Hall–Kier alpha value is -1.99. The lowest BCUT2D eigenvalue weighted by Gasteiger charge is -2.26. The van der Waals surface area contributed by atoms with E-state index in [1.807, 2.05) is 0 Å². The zero-order valence-electron chi connectivity index (χ0n) is 9.22. The topological polar surface area (TPSA) is 90.7 Å². The fourth-order valence-corrected chi connectivity index (χ4v) is 1.81. The zero-order valence-corrected chi connectivity index (χ0v) is 9.22. The third kappa shape index (κ3) is 1.56. The molecule has 1 aromatic carbocycles. The van der Waals surface area contributed by atoms with Crippen molar-refractivity contribution in [3.05, 3.63) is 39.4 Å². The first-order valence-corrected chi connectivity index (χ1v) is 4.76. The molecule has 1 aliphatic heterocycles. The van der Waals surface area contributed by atoms with Gasteiger partial charge in [0.1, 0.15) is 0 Å². The van der Waals surface area contributed by atoms with E-state index in [1.165, 1.54) is 32.4 Å². The van der Waals surface area contributed by atoms with Crippen molar-refractivity contribution >= 4 is 11.6 Å². The molecule has 1 aliphatic rings. The van der Waals surface area contributed by atoms with E-state index < -0.39 is 16.7 Å². The molecule has 0 saturated heterocycles. The van der Waals surface area contributed by atoms with Crippen molar-refractivity contribution < 1.29 is 19.2 Å². The van der Waals surface area contributed by atoms with Crippen LogP contribution in [0.4, 0.5) is 5.69 Å². The van der Waals surface area contributed by atoms with Crippen molar-refractivity contribution in [2.24, 2.45) is 0 Å². The van der Waals surface area contributed by atoms with Crippen molar-refractivity contribution in [1.82, 2.24) is 5.32 Å². The Labute approximate surface area is 96.5 Å². The van der Waals surface area contributed by atoms with Crippen LogP contribution < -0.4 is 5.32 Å². The molecule has 1 aromatic rings. The smallest absolute Gasteiger partial charge is 0.280 e. The lowest BCUT2D eigenvalue weighted by molar-refractivity contribution is -0.384. The molecule has 1 heterocycles. The molecule has 0 aromatic heterocycles. The van der Waals surface area contributed by atoms with Crippen LogP contribution >= 0.6 is 0 Å². The van der Waals surface area contributed by atoms with Gasteiger partial charge >= 0.3 is 0 Å². The number of nitro benzene ring substituents is 1. The maximum atomic E-state index is 11.7. The molecule has 1 N–H and O–H groups in total. The predicted molar refractivity (Wildman–Crippen MR) is 56.3 cm³/mol. The van der Waals surface area contributed by atoms with Crippen molar-refractivity contribution in [3.63, 3.8) is 0 Å². The van der Waals surface area contributed by atoms with Gasteiger partial charge in [-0.25, -0.2) is 0 Å². The molecule has 0 atom stereocenters. The van der Waals surface area contributed by atoms with Crippen LogP contribution in [0.1, 0.15) is 15.9 Å². The normalized spacial score (nSPS) is 16.5. The van der Waals surface area contributed by atoms with Gasteiger partial charge in [-0.05, 0) is 6.07 Å². The first-order valence-electron chi connectivity index (χ1n) is 4.76. The monoisotopic (exact) mass is 238 g/mol. The SMILES string of the molecule is COC1(OC)NC(=O)c2cc([N+](=O)[O-])ccc21. The molecule has 0 fully saturated rings. The van der Waals surface area contributed by atoms with Crippen LogP contribution in [0.5, 0.6) is 0 Å². The van der Waals surface area contributed by atoms with E-state index in [1.54, 1.807) is 0 Å². The molecule has 17 heavy (non-hydrogen) atoms. The number of fused-ring (bicyclic) bond motifs is 1. The number of carbonyl (C=O) groups excluding carboxylic acids is 1. The highest BCUT2D eigenvalue weighted by atomic mass is 16.7. The van der Waals surface area contributed by atoms with Gasteiger partial charge in [-0.3, -0.25) is 20.2 Å².